The van der Waals surface area contributed by atoms with E-state index in [9.17, 15) is 18.5 Å². The number of aromatic nitrogens is 3. The maximum absolute atomic E-state index is 12.8. The Labute approximate surface area is 176 Å². The smallest absolute Gasteiger partial charge is 0.289 e. The Balaban J connectivity index is 1.62. The number of sulfonamides is 1. The van der Waals surface area contributed by atoms with E-state index in [4.69, 9.17) is 4.52 Å². The number of pyridine rings is 1. The first-order valence-electron chi connectivity index (χ1n) is 9.01. The third kappa shape index (κ3) is 4.41. The first-order valence-corrected chi connectivity index (χ1v) is 10.5. The van der Waals surface area contributed by atoms with E-state index < -0.39 is 25.5 Å². The molecule has 0 fully saturated rings. The fourth-order valence-corrected chi connectivity index (χ4v) is 4.19. The Bertz CT molecular complexity index is 1340. The molecule has 0 spiro atoms. The van der Waals surface area contributed by atoms with Crippen molar-refractivity contribution in [1.29, 1.82) is 0 Å². The minimum Gasteiger partial charge on any atom is -0.339 e. The standard InChI is InChI=1S/C20H15N5O5S/c26-25(27)17-7-3-4-8-18(17)31(28,29)24-16-6-2-1-5-15(16)13-19-22-20(23-30-19)14-9-11-21-12-10-14/h1-12,24H,13H2. The van der Waals surface area contributed by atoms with Crippen LogP contribution in [0.4, 0.5) is 11.4 Å². The van der Waals surface area contributed by atoms with E-state index in [1.807, 2.05) is 0 Å². The van der Waals surface area contributed by atoms with Gasteiger partial charge in [-0.3, -0.25) is 19.8 Å². The maximum Gasteiger partial charge on any atom is 0.289 e. The lowest BCUT2D eigenvalue weighted by molar-refractivity contribution is -0.387. The predicted molar refractivity (Wildman–Crippen MR) is 111 cm³/mol. The second-order valence-corrected chi connectivity index (χ2v) is 8.06. The fourth-order valence-electron chi connectivity index (χ4n) is 2.92. The van der Waals surface area contributed by atoms with Crippen LogP contribution in [0.25, 0.3) is 11.4 Å². The van der Waals surface area contributed by atoms with E-state index in [0.717, 1.165) is 11.6 Å². The number of nitrogens with zero attached hydrogens (tertiary/aromatic N) is 4. The molecule has 2 heterocycles. The Morgan fingerprint density at radius 3 is 2.48 bits per heavy atom. The topological polar surface area (TPSA) is 141 Å². The highest BCUT2D eigenvalue weighted by molar-refractivity contribution is 7.92. The molecule has 4 aromatic rings. The van der Waals surface area contributed by atoms with Crippen LogP contribution in [-0.4, -0.2) is 28.5 Å². The molecule has 0 amide bonds. The van der Waals surface area contributed by atoms with Crippen molar-refractivity contribution in [3.63, 3.8) is 0 Å². The van der Waals surface area contributed by atoms with Gasteiger partial charge in [0, 0.05) is 24.0 Å². The van der Waals surface area contributed by atoms with Gasteiger partial charge in [0.25, 0.3) is 15.7 Å². The normalized spacial score (nSPS) is 11.2. The molecule has 0 unspecified atom stereocenters. The molecule has 10 nitrogen and oxygen atoms in total. The minimum absolute atomic E-state index is 0.160. The number of rotatable bonds is 7. The summed E-state index contributed by atoms with van der Waals surface area (Å²) in [6, 6.07) is 15.3. The molecule has 2 aromatic heterocycles. The van der Waals surface area contributed by atoms with Gasteiger partial charge in [0.2, 0.25) is 11.7 Å². The summed E-state index contributed by atoms with van der Waals surface area (Å²) in [6.45, 7) is 0. The van der Waals surface area contributed by atoms with E-state index >= 15 is 0 Å². The minimum atomic E-state index is -4.21. The molecule has 0 saturated heterocycles. The summed E-state index contributed by atoms with van der Waals surface area (Å²) in [4.78, 5) is 18.3. The number of nitro benzene ring substituents is 1. The second-order valence-electron chi connectivity index (χ2n) is 6.41. The number of anilines is 1. The second kappa shape index (κ2) is 8.32. The third-order valence-corrected chi connectivity index (χ3v) is 5.77. The third-order valence-electron chi connectivity index (χ3n) is 4.36. The van der Waals surface area contributed by atoms with Crippen molar-refractivity contribution in [2.75, 3.05) is 4.72 Å². The highest BCUT2D eigenvalue weighted by atomic mass is 32.2. The SMILES string of the molecule is O=[N+]([O-])c1ccccc1S(=O)(=O)Nc1ccccc1Cc1nc(-c2ccncc2)no1. The summed E-state index contributed by atoms with van der Waals surface area (Å²) >= 11 is 0. The van der Waals surface area contributed by atoms with Crippen LogP contribution < -0.4 is 4.72 Å². The van der Waals surface area contributed by atoms with E-state index in [0.29, 0.717) is 11.4 Å². The lowest BCUT2D eigenvalue weighted by Crippen LogP contribution is -2.16. The van der Waals surface area contributed by atoms with Crippen molar-refractivity contribution in [2.45, 2.75) is 11.3 Å². The number of benzene rings is 2. The van der Waals surface area contributed by atoms with Crippen LogP contribution in [0.5, 0.6) is 0 Å². The quantitative estimate of drug-likeness (QED) is 0.342. The number of hydrogen-bond acceptors (Lipinski definition) is 8. The van der Waals surface area contributed by atoms with Gasteiger partial charge >= 0.3 is 0 Å². The zero-order valence-corrected chi connectivity index (χ0v) is 16.7. The predicted octanol–water partition coefficient (Wildman–Crippen LogP) is 3.43. The Morgan fingerprint density at radius 1 is 1.00 bits per heavy atom. The van der Waals surface area contributed by atoms with Gasteiger partial charge in [-0.15, -0.1) is 0 Å². The van der Waals surface area contributed by atoms with Gasteiger partial charge in [-0.1, -0.05) is 35.5 Å². The molecule has 0 atom stereocenters. The van der Waals surface area contributed by atoms with Gasteiger partial charge in [-0.25, -0.2) is 8.42 Å². The molecule has 31 heavy (non-hydrogen) atoms. The van der Waals surface area contributed by atoms with Crippen molar-refractivity contribution >= 4 is 21.4 Å². The van der Waals surface area contributed by atoms with Crippen LogP contribution in [0.15, 0.2) is 82.5 Å². The summed E-state index contributed by atoms with van der Waals surface area (Å²) in [6.07, 6.45) is 3.38. The van der Waals surface area contributed by atoms with Crippen LogP contribution >= 0.6 is 0 Å². The molecule has 0 radical (unpaired) electrons. The van der Waals surface area contributed by atoms with Crippen molar-refractivity contribution in [3.05, 3.63) is 94.6 Å². The summed E-state index contributed by atoms with van der Waals surface area (Å²) in [5.41, 5.74) is 1.04. The molecule has 0 aliphatic rings. The Hall–Kier alpha value is -4.12. The van der Waals surface area contributed by atoms with Gasteiger partial charge in [-0.2, -0.15) is 4.98 Å². The van der Waals surface area contributed by atoms with Crippen molar-refractivity contribution in [2.24, 2.45) is 0 Å². The van der Waals surface area contributed by atoms with Gasteiger partial charge < -0.3 is 4.52 Å². The van der Waals surface area contributed by atoms with Gasteiger partial charge in [0.1, 0.15) is 0 Å². The van der Waals surface area contributed by atoms with Gasteiger partial charge in [0.15, 0.2) is 4.90 Å². The first-order chi connectivity index (χ1) is 14.9. The zero-order chi connectivity index (χ0) is 21.8. The average molecular weight is 437 g/mol. The van der Waals surface area contributed by atoms with E-state index in [-0.39, 0.29) is 18.0 Å². The molecular formula is C20H15N5O5S. The monoisotopic (exact) mass is 437 g/mol. The first kappa shape index (κ1) is 20.2. The molecule has 0 bridgehead atoms. The molecule has 156 valence electrons. The summed E-state index contributed by atoms with van der Waals surface area (Å²) in [7, 11) is -4.21. The summed E-state index contributed by atoms with van der Waals surface area (Å²) < 4.78 is 33.4. The molecule has 0 aliphatic heterocycles. The van der Waals surface area contributed by atoms with Gasteiger partial charge in [0.05, 0.1) is 17.0 Å². The Kier molecular flexibility index (Phi) is 5.41. The largest absolute Gasteiger partial charge is 0.339 e. The Morgan fingerprint density at radius 2 is 1.71 bits per heavy atom. The van der Waals surface area contributed by atoms with Crippen molar-refractivity contribution in [1.82, 2.24) is 15.1 Å². The van der Waals surface area contributed by atoms with Crippen molar-refractivity contribution in [3.8, 4) is 11.4 Å². The average Bonchev–Trinajstić information content (AvgIpc) is 3.24. The molecule has 4 rings (SSSR count). The molecular weight excluding hydrogens is 422 g/mol. The van der Waals surface area contributed by atoms with E-state index in [1.165, 1.54) is 18.2 Å². The number of para-hydroxylation sites is 2. The van der Waals surface area contributed by atoms with E-state index in [1.54, 1.807) is 48.8 Å². The molecule has 2 aromatic carbocycles. The molecule has 11 heteroatoms. The lowest BCUT2D eigenvalue weighted by Gasteiger charge is -2.11. The molecule has 0 aliphatic carbocycles. The number of nitro groups is 1. The van der Waals surface area contributed by atoms with E-state index in [2.05, 4.69) is 19.8 Å². The highest BCUT2D eigenvalue weighted by Crippen LogP contribution is 2.27. The zero-order valence-electron chi connectivity index (χ0n) is 15.9. The number of nitrogens with one attached hydrogen (secondary N) is 1. The molecule has 1 N–H and O–H groups in total. The maximum atomic E-state index is 12.8. The lowest BCUT2D eigenvalue weighted by atomic mass is 10.1. The van der Waals surface area contributed by atoms with Crippen LogP contribution in [0.1, 0.15) is 11.5 Å². The highest BCUT2D eigenvalue weighted by Gasteiger charge is 2.26. The fraction of sp³-hybridized carbons (Fsp3) is 0.0500. The van der Waals surface area contributed by atoms with Gasteiger partial charge in [-0.05, 0) is 29.8 Å². The molecule has 0 saturated carbocycles. The van der Waals surface area contributed by atoms with Crippen LogP contribution in [0.3, 0.4) is 0 Å². The van der Waals surface area contributed by atoms with Crippen LogP contribution in [0.2, 0.25) is 0 Å². The van der Waals surface area contributed by atoms with Crippen molar-refractivity contribution < 1.29 is 17.9 Å². The van der Waals surface area contributed by atoms with Crippen LogP contribution in [-0.2, 0) is 16.4 Å². The summed E-state index contributed by atoms with van der Waals surface area (Å²) in [5.74, 6) is 0.666. The number of hydrogen-bond donors (Lipinski definition) is 1. The summed E-state index contributed by atoms with van der Waals surface area (Å²) in [5, 5.41) is 15.2. The van der Waals surface area contributed by atoms with Crippen LogP contribution in [0, 0.1) is 10.1 Å².